The third-order valence-corrected chi connectivity index (χ3v) is 3.47. The summed E-state index contributed by atoms with van der Waals surface area (Å²) in [6.45, 7) is 0. The fraction of sp³-hybridized carbons (Fsp3) is 0.0625. The van der Waals surface area contributed by atoms with Crippen LogP contribution < -0.4 is 15.8 Å². The molecule has 1 heterocycles. The van der Waals surface area contributed by atoms with Gasteiger partial charge in [-0.1, -0.05) is 23.7 Å². The summed E-state index contributed by atoms with van der Waals surface area (Å²) >= 11 is 6.25. The van der Waals surface area contributed by atoms with Crippen molar-refractivity contribution in [2.24, 2.45) is 0 Å². The number of hydrogen-bond donors (Lipinski definition) is 2. The molecule has 0 saturated heterocycles. The molecule has 22 heavy (non-hydrogen) atoms. The Morgan fingerprint density at radius 2 is 1.91 bits per heavy atom. The summed E-state index contributed by atoms with van der Waals surface area (Å²) in [6.07, 6.45) is -0.603. The number of rotatable bonds is 2. The highest BCUT2D eigenvalue weighted by Gasteiger charge is 2.13. The standard InChI is InChI=1S/C16H13ClN2O3/c1-19-16(20)22-14-8-11-6-10(7-13(17)15(11)21-14)9-2-4-12(18)5-3-9/h2-8H,18H2,1H3,(H,19,20). The summed E-state index contributed by atoms with van der Waals surface area (Å²) in [5, 5.41) is 3.54. The van der Waals surface area contributed by atoms with Gasteiger partial charge in [-0.15, -0.1) is 0 Å². The Kier molecular flexibility index (Phi) is 3.65. The highest BCUT2D eigenvalue weighted by atomic mass is 35.5. The molecular weight excluding hydrogens is 304 g/mol. The lowest BCUT2D eigenvalue weighted by molar-refractivity contribution is 0.191. The van der Waals surface area contributed by atoms with E-state index >= 15 is 0 Å². The molecule has 112 valence electrons. The number of fused-ring (bicyclic) bond motifs is 1. The fourth-order valence-corrected chi connectivity index (χ4v) is 2.39. The summed E-state index contributed by atoms with van der Waals surface area (Å²) in [7, 11) is 1.47. The minimum absolute atomic E-state index is 0.0886. The average molecular weight is 317 g/mol. The van der Waals surface area contributed by atoms with Gasteiger partial charge in [-0.2, -0.15) is 0 Å². The van der Waals surface area contributed by atoms with E-state index in [1.807, 2.05) is 30.3 Å². The van der Waals surface area contributed by atoms with E-state index in [0.717, 1.165) is 16.5 Å². The normalized spacial score (nSPS) is 10.6. The first-order chi connectivity index (χ1) is 10.6. The number of nitrogens with two attached hydrogens (primary N) is 1. The van der Waals surface area contributed by atoms with Gasteiger partial charge in [0.1, 0.15) is 0 Å². The molecule has 6 heteroatoms. The van der Waals surface area contributed by atoms with Crippen LogP contribution in [0.1, 0.15) is 0 Å². The molecule has 0 spiro atoms. The Morgan fingerprint density at radius 3 is 2.59 bits per heavy atom. The SMILES string of the molecule is CNC(=O)Oc1cc2cc(-c3ccc(N)cc3)cc(Cl)c2o1. The molecular formula is C16H13ClN2O3. The van der Waals surface area contributed by atoms with Crippen molar-refractivity contribution in [1.29, 1.82) is 0 Å². The van der Waals surface area contributed by atoms with Crippen LogP contribution in [-0.4, -0.2) is 13.1 Å². The number of carbonyl (C=O) groups is 1. The van der Waals surface area contributed by atoms with E-state index < -0.39 is 6.09 Å². The van der Waals surface area contributed by atoms with E-state index in [2.05, 4.69) is 5.32 Å². The van der Waals surface area contributed by atoms with Gasteiger partial charge in [-0.3, -0.25) is 0 Å². The van der Waals surface area contributed by atoms with E-state index in [1.165, 1.54) is 7.05 Å². The van der Waals surface area contributed by atoms with E-state index in [1.54, 1.807) is 12.1 Å². The zero-order valence-corrected chi connectivity index (χ0v) is 12.5. The molecule has 0 radical (unpaired) electrons. The van der Waals surface area contributed by atoms with Crippen molar-refractivity contribution >= 4 is 34.4 Å². The molecule has 0 aliphatic rings. The molecule has 0 unspecified atom stereocenters. The van der Waals surface area contributed by atoms with Gasteiger partial charge >= 0.3 is 6.09 Å². The third-order valence-electron chi connectivity index (χ3n) is 3.19. The van der Waals surface area contributed by atoms with Crippen LogP contribution in [0.3, 0.4) is 0 Å². The van der Waals surface area contributed by atoms with Crippen molar-refractivity contribution in [1.82, 2.24) is 5.32 Å². The van der Waals surface area contributed by atoms with E-state index in [0.29, 0.717) is 16.3 Å². The topological polar surface area (TPSA) is 77.5 Å². The van der Waals surface area contributed by atoms with Crippen molar-refractivity contribution in [2.75, 3.05) is 12.8 Å². The zero-order chi connectivity index (χ0) is 15.7. The molecule has 3 rings (SSSR count). The first kappa shape index (κ1) is 14.3. The van der Waals surface area contributed by atoms with Gasteiger partial charge in [0.05, 0.1) is 5.02 Å². The molecule has 3 N–H and O–H groups in total. The Bertz CT molecular complexity index is 840. The van der Waals surface area contributed by atoms with Gasteiger partial charge in [-0.25, -0.2) is 4.79 Å². The highest BCUT2D eigenvalue weighted by Crippen LogP contribution is 2.35. The van der Waals surface area contributed by atoms with E-state index in [9.17, 15) is 4.79 Å². The Morgan fingerprint density at radius 1 is 1.18 bits per heavy atom. The van der Waals surface area contributed by atoms with Gasteiger partial charge in [0.25, 0.3) is 5.95 Å². The maximum atomic E-state index is 11.2. The second kappa shape index (κ2) is 5.61. The molecule has 3 aromatic rings. The molecule has 1 amide bonds. The highest BCUT2D eigenvalue weighted by molar-refractivity contribution is 6.35. The third kappa shape index (κ3) is 2.71. The molecule has 0 atom stereocenters. The van der Waals surface area contributed by atoms with Gasteiger partial charge < -0.3 is 20.2 Å². The maximum Gasteiger partial charge on any atom is 0.414 e. The maximum absolute atomic E-state index is 11.2. The van der Waals surface area contributed by atoms with Crippen LogP contribution in [-0.2, 0) is 0 Å². The first-order valence-corrected chi connectivity index (χ1v) is 6.93. The summed E-state index contributed by atoms with van der Waals surface area (Å²) in [5.41, 5.74) is 8.76. The number of ether oxygens (including phenoxy) is 1. The number of halogens is 1. The van der Waals surface area contributed by atoms with E-state index in [-0.39, 0.29) is 5.95 Å². The molecule has 0 aliphatic heterocycles. The number of hydrogen-bond acceptors (Lipinski definition) is 4. The van der Waals surface area contributed by atoms with Crippen LogP contribution in [0.25, 0.3) is 22.1 Å². The zero-order valence-electron chi connectivity index (χ0n) is 11.7. The van der Waals surface area contributed by atoms with Crippen LogP contribution in [0, 0.1) is 0 Å². The van der Waals surface area contributed by atoms with Crippen LogP contribution in [0.5, 0.6) is 5.95 Å². The predicted molar refractivity (Wildman–Crippen MR) is 86.2 cm³/mol. The van der Waals surface area contributed by atoms with E-state index in [4.69, 9.17) is 26.5 Å². The Balaban J connectivity index is 2.04. The summed E-state index contributed by atoms with van der Waals surface area (Å²) in [5.74, 6) is 0.0886. The number of carbonyl (C=O) groups excluding carboxylic acids is 1. The summed E-state index contributed by atoms with van der Waals surface area (Å²) in [4.78, 5) is 11.2. The van der Waals surface area contributed by atoms with Crippen LogP contribution in [0.2, 0.25) is 5.02 Å². The summed E-state index contributed by atoms with van der Waals surface area (Å²) < 4.78 is 10.4. The van der Waals surface area contributed by atoms with Crippen LogP contribution in [0.15, 0.2) is 46.9 Å². The average Bonchev–Trinajstić information content (AvgIpc) is 2.90. The molecule has 0 aliphatic carbocycles. The Hall–Kier alpha value is -2.66. The number of furan rings is 1. The molecule has 0 saturated carbocycles. The van der Waals surface area contributed by atoms with Crippen molar-refractivity contribution in [3.05, 3.63) is 47.5 Å². The van der Waals surface area contributed by atoms with Gasteiger partial charge in [0, 0.05) is 24.2 Å². The van der Waals surface area contributed by atoms with Crippen LogP contribution in [0.4, 0.5) is 10.5 Å². The number of benzene rings is 2. The molecule has 5 nitrogen and oxygen atoms in total. The predicted octanol–water partition coefficient (Wildman–Crippen LogP) is 4.05. The lowest BCUT2D eigenvalue weighted by Gasteiger charge is -2.03. The first-order valence-electron chi connectivity index (χ1n) is 6.55. The van der Waals surface area contributed by atoms with Crippen molar-refractivity contribution in [3.8, 4) is 17.1 Å². The minimum atomic E-state index is -0.603. The molecule has 0 bridgehead atoms. The van der Waals surface area contributed by atoms with Crippen molar-refractivity contribution < 1.29 is 13.9 Å². The van der Waals surface area contributed by atoms with Gasteiger partial charge in [0.15, 0.2) is 5.58 Å². The quantitative estimate of drug-likeness (QED) is 0.699. The molecule has 0 fully saturated rings. The number of anilines is 1. The second-order valence-electron chi connectivity index (χ2n) is 4.70. The molecule has 1 aromatic heterocycles. The monoisotopic (exact) mass is 316 g/mol. The second-order valence-corrected chi connectivity index (χ2v) is 5.11. The molecule has 2 aromatic carbocycles. The van der Waals surface area contributed by atoms with Gasteiger partial charge in [0.2, 0.25) is 0 Å². The lowest BCUT2D eigenvalue weighted by atomic mass is 10.0. The number of nitrogens with one attached hydrogen (secondary N) is 1. The fourth-order valence-electron chi connectivity index (χ4n) is 2.12. The summed E-state index contributed by atoms with van der Waals surface area (Å²) in [6, 6.07) is 12.8. The van der Waals surface area contributed by atoms with Crippen molar-refractivity contribution in [2.45, 2.75) is 0 Å². The lowest BCUT2D eigenvalue weighted by Crippen LogP contribution is -2.21. The minimum Gasteiger partial charge on any atom is -0.424 e. The largest absolute Gasteiger partial charge is 0.424 e. The number of nitrogen functional groups attached to an aromatic ring is 1. The van der Waals surface area contributed by atoms with Gasteiger partial charge in [-0.05, 0) is 35.4 Å². The number of amides is 1. The Labute approximate surface area is 131 Å². The van der Waals surface area contributed by atoms with Crippen LogP contribution >= 0.6 is 11.6 Å². The van der Waals surface area contributed by atoms with Crippen molar-refractivity contribution in [3.63, 3.8) is 0 Å². The smallest absolute Gasteiger partial charge is 0.414 e.